The molecule has 0 N–H and O–H groups in total. The van der Waals surface area contributed by atoms with Gasteiger partial charge in [0.05, 0.1) is 0 Å². The van der Waals surface area contributed by atoms with Crippen LogP contribution < -0.4 is 0 Å². The predicted octanol–water partition coefficient (Wildman–Crippen LogP) is 3.41. The largest absolute Gasteiger partial charge is 0.0823 e. The fourth-order valence-corrected chi connectivity index (χ4v) is 4.96. The molecule has 4 atom stereocenters. The molecular weight excluding hydrogens is 350 g/mol. The van der Waals surface area contributed by atoms with E-state index in [1.807, 2.05) is 0 Å². The minimum atomic E-state index is 1.02. The van der Waals surface area contributed by atoms with Gasteiger partial charge in [-0.25, -0.2) is 0 Å². The monoisotopic (exact) mass is 362 g/mol. The van der Waals surface area contributed by atoms with E-state index in [2.05, 4.69) is 45.2 Å². The van der Waals surface area contributed by atoms with E-state index in [1.54, 1.807) is 0 Å². The van der Waals surface area contributed by atoms with Crippen LogP contribution in [0, 0.1) is 11.8 Å². The quantitative estimate of drug-likeness (QED) is 0.458. The van der Waals surface area contributed by atoms with Crippen molar-refractivity contribution in [2.75, 3.05) is 0 Å². The van der Waals surface area contributed by atoms with Crippen LogP contribution >= 0.6 is 45.2 Å². The first-order valence-corrected chi connectivity index (χ1v) is 6.56. The minimum absolute atomic E-state index is 1.02. The van der Waals surface area contributed by atoms with Crippen LogP contribution in [0.1, 0.15) is 25.7 Å². The number of fused-ring (bicyclic) bond motifs is 1. The molecule has 0 amide bonds. The van der Waals surface area contributed by atoms with Crippen LogP contribution in [-0.2, 0) is 0 Å². The van der Waals surface area contributed by atoms with E-state index in [4.69, 9.17) is 0 Å². The van der Waals surface area contributed by atoms with Gasteiger partial charge in [0.25, 0.3) is 0 Å². The Morgan fingerprint density at radius 2 is 1.10 bits per heavy atom. The average Bonchev–Trinajstić information content (AvgIpc) is 2.41. The summed E-state index contributed by atoms with van der Waals surface area (Å²) in [5.74, 6) is 2.20. The van der Waals surface area contributed by atoms with Gasteiger partial charge in [0, 0.05) is 7.85 Å². The molecule has 0 bridgehead atoms. The molecule has 2 rings (SSSR count). The topological polar surface area (TPSA) is 0 Å². The van der Waals surface area contributed by atoms with E-state index < -0.39 is 0 Å². The van der Waals surface area contributed by atoms with E-state index in [-0.39, 0.29) is 0 Å². The fraction of sp³-hybridized carbons (Fsp3) is 1.00. The Morgan fingerprint density at radius 3 is 1.50 bits per heavy atom. The molecule has 10 heavy (non-hydrogen) atoms. The third-order valence-electron chi connectivity index (χ3n) is 3.03. The second kappa shape index (κ2) is 3.07. The smallest absolute Gasteiger partial charge is 0.0141 e. The minimum Gasteiger partial charge on any atom is -0.0823 e. The predicted molar refractivity (Wildman–Crippen MR) is 61.1 cm³/mol. The Balaban J connectivity index is 2.09. The first-order valence-electron chi connectivity index (χ1n) is 4.07. The van der Waals surface area contributed by atoms with Gasteiger partial charge < -0.3 is 0 Å². The Bertz CT molecular complexity index is 119. The van der Waals surface area contributed by atoms with Crippen molar-refractivity contribution in [3.8, 4) is 0 Å². The lowest BCUT2D eigenvalue weighted by molar-refractivity contribution is 0.480. The summed E-state index contributed by atoms with van der Waals surface area (Å²) in [4.78, 5) is 0. The van der Waals surface area contributed by atoms with Gasteiger partial charge in [-0.1, -0.05) is 45.2 Å². The van der Waals surface area contributed by atoms with Crippen LogP contribution in [0.4, 0.5) is 0 Å². The molecule has 0 aliphatic heterocycles. The molecule has 2 aliphatic carbocycles. The summed E-state index contributed by atoms with van der Waals surface area (Å²) in [7, 11) is 0. The van der Waals surface area contributed by atoms with E-state index in [1.165, 1.54) is 25.7 Å². The molecule has 58 valence electrons. The van der Waals surface area contributed by atoms with E-state index in [9.17, 15) is 0 Å². The van der Waals surface area contributed by atoms with Crippen LogP contribution in [0.2, 0.25) is 0 Å². The highest BCUT2D eigenvalue weighted by Gasteiger charge is 2.42. The maximum Gasteiger partial charge on any atom is 0.0141 e. The van der Waals surface area contributed by atoms with Crippen LogP contribution in [0.25, 0.3) is 0 Å². The van der Waals surface area contributed by atoms with Crippen LogP contribution in [0.15, 0.2) is 0 Å². The van der Waals surface area contributed by atoms with E-state index in [0.717, 1.165) is 19.7 Å². The lowest BCUT2D eigenvalue weighted by atomic mass is 10.0. The van der Waals surface area contributed by atoms with Crippen molar-refractivity contribution in [1.29, 1.82) is 0 Å². The summed E-state index contributed by atoms with van der Waals surface area (Å²) in [6, 6.07) is 0. The molecule has 0 aromatic rings. The van der Waals surface area contributed by atoms with Gasteiger partial charge in [0.2, 0.25) is 0 Å². The molecule has 0 unspecified atom stereocenters. The summed E-state index contributed by atoms with van der Waals surface area (Å²) in [6.07, 6.45) is 6.03. The van der Waals surface area contributed by atoms with Crippen molar-refractivity contribution in [2.24, 2.45) is 11.8 Å². The number of hydrogen-bond donors (Lipinski definition) is 0. The van der Waals surface area contributed by atoms with E-state index >= 15 is 0 Å². The molecule has 0 spiro atoms. The standard InChI is InChI=1S/C8H12I2/c9-7-3-1-5-6(7)2-4-8(5)10/h5-8H,1-4H2/t5-,6-,7-,8+/m1/s1. The molecule has 2 saturated carbocycles. The zero-order valence-corrected chi connectivity index (χ0v) is 10.2. The molecule has 0 nitrogen and oxygen atoms in total. The SMILES string of the molecule is I[C@@H]1CC[C@@H]2[C@H]1CC[C@@H]2I. The zero-order chi connectivity index (χ0) is 7.14. The first kappa shape index (κ1) is 8.08. The molecular formula is C8H12I2. The Morgan fingerprint density at radius 1 is 0.700 bits per heavy atom. The molecule has 2 heteroatoms. The van der Waals surface area contributed by atoms with Gasteiger partial charge in [0.15, 0.2) is 0 Å². The van der Waals surface area contributed by atoms with E-state index in [0.29, 0.717) is 0 Å². The van der Waals surface area contributed by atoms with Crippen molar-refractivity contribution < 1.29 is 0 Å². The van der Waals surface area contributed by atoms with Gasteiger partial charge >= 0.3 is 0 Å². The number of rotatable bonds is 0. The lowest BCUT2D eigenvalue weighted by Crippen LogP contribution is -2.11. The van der Waals surface area contributed by atoms with Crippen molar-refractivity contribution in [2.45, 2.75) is 33.5 Å². The molecule has 2 aliphatic rings. The summed E-state index contributed by atoms with van der Waals surface area (Å²) in [5.41, 5.74) is 0. The van der Waals surface area contributed by atoms with Crippen molar-refractivity contribution in [3.63, 3.8) is 0 Å². The third kappa shape index (κ3) is 1.23. The van der Waals surface area contributed by atoms with Crippen molar-refractivity contribution in [3.05, 3.63) is 0 Å². The molecule has 0 aromatic heterocycles. The fourth-order valence-electron chi connectivity index (χ4n) is 2.46. The van der Waals surface area contributed by atoms with Crippen LogP contribution in [-0.4, -0.2) is 7.85 Å². The first-order chi connectivity index (χ1) is 4.79. The maximum atomic E-state index is 2.66. The summed E-state index contributed by atoms with van der Waals surface area (Å²) in [6.45, 7) is 0. The Kier molecular flexibility index (Phi) is 2.48. The Labute approximate surface area is 89.8 Å². The van der Waals surface area contributed by atoms with Gasteiger partial charge in [-0.3, -0.25) is 0 Å². The van der Waals surface area contributed by atoms with Gasteiger partial charge in [-0.05, 0) is 37.5 Å². The number of halogens is 2. The maximum absolute atomic E-state index is 2.66. The lowest BCUT2D eigenvalue weighted by Gasteiger charge is -2.13. The number of alkyl halides is 2. The van der Waals surface area contributed by atoms with Crippen LogP contribution in [0.3, 0.4) is 0 Å². The highest BCUT2D eigenvalue weighted by molar-refractivity contribution is 14.1. The summed E-state index contributed by atoms with van der Waals surface area (Å²) >= 11 is 5.31. The third-order valence-corrected chi connectivity index (χ3v) is 6.12. The second-order valence-electron chi connectivity index (χ2n) is 3.51. The van der Waals surface area contributed by atoms with Gasteiger partial charge in [-0.2, -0.15) is 0 Å². The highest BCUT2D eigenvalue weighted by atomic mass is 127. The summed E-state index contributed by atoms with van der Waals surface area (Å²) in [5, 5.41) is 0. The molecule has 2 fully saturated rings. The molecule has 0 heterocycles. The molecule has 0 radical (unpaired) electrons. The van der Waals surface area contributed by atoms with Gasteiger partial charge in [0.1, 0.15) is 0 Å². The summed E-state index contributed by atoms with van der Waals surface area (Å²) < 4.78 is 2.03. The normalized spacial score (nSPS) is 53.4. The van der Waals surface area contributed by atoms with Crippen LogP contribution in [0.5, 0.6) is 0 Å². The zero-order valence-electron chi connectivity index (χ0n) is 5.89. The Hall–Kier alpha value is 1.46. The van der Waals surface area contributed by atoms with Crippen molar-refractivity contribution in [1.82, 2.24) is 0 Å². The molecule has 0 aromatic carbocycles. The number of hydrogen-bond acceptors (Lipinski definition) is 0. The molecule has 0 saturated heterocycles. The highest BCUT2D eigenvalue weighted by Crippen LogP contribution is 2.49. The van der Waals surface area contributed by atoms with Gasteiger partial charge in [-0.15, -0.1) is 0 Å². The average molecular weight is 362 g/mol. The second-order valence-corrected chi connectivity index (χ2v) is 6.71. The van der Waals surface area contributed by atoms with Crippen molar-refractivity contribution >= 4 is 45.2 Å².